The number of sulfone groups is 1. The molecule has 10 heteroatoms. The molecule has 0 saturated heterocycles. The lowest BCUT2D eigenvalue weighted by atomic mass is 10.2. The summed E-state index contributed by atoms with van der Waals surface area (Å²) in [4.78, 5) is 25.3. The molecule has 0 radical (unpaired) electrons. The van der Waals surface area contributed by atoms with Crippen LogP contribution in [0.5, 0.6) is 11.5 Å². The van der Waals surface area contributed by atoms with Gasteiger partial charge in [-0.2, -0.15) is 0 Å². The van der Waals surface area contributed by atoms with E-state index in [4.69, 9.17) is 9.47 Å². The highest BCUT2D eigenvalue weighted by atomic mass is 32.2. The molecule has 35 heavy (non-hydrogen) atoms. The Labute approximate surface area is 200 Å². The van der Waals surface area contributed by atoms with Gasteiger partial charge in [0.1, 0.15) is 28.8 Å². The van der Waals surface area contributed by atoms with Gasteiger partial charge in [0.25, 0.3) is 0 Å². The maximum Gasteiger partial charge on any atom is 0.244 e. The molecule has 0 aliphatic carbocycles. The number of methoxy groups -OCH3 is 2. The normalized spacial score (nSPS) is 11.3. The van der Waals surface area contributed by atoms with Crippen LogP contribution in [0.15, 0.2) is 87.5 Å². The molecule has 4 rings (SSSR count). The van der Waals surface area contributed by atoms with Crippen LogP contribution in [0.2, 0.25) is 0 Å². The van der Waals surface area contributed by atoms with Crippen LogP contribution in [-0.4, -0.2) is 33.1 Å². The quantitative estimate of drug-likeness (QED) is 0.392. The lowest BCUT2D eigenvalue weighted by molar-refractivity contribution is -0.116. The average Bonchev–Trinajstić information content (AvgIpc) is 2.86. The van der Waals surface area contributed by atoms with E-state index in [2.05, 4.69) is 5.32 Å². The minimum atomic E-state index is -4.31. The first-order valence-corrected chi connectivity index (χ1v) is 11.9. The van der Waals surface area contributed by atoms with E-state index < -0.39 is 31.9 Å². The number of carbonyl (C=O) groups excluding carboxylic acids is 1. The lowest BCUT2D eigenvalue weighted by Crippen LogP contribution is -2.24. The van der Waals surface area contributed by atoms with Crippen molar-refractivity contribution in [2.45, 2.75) is 16.3 Å². The van der Waals surface area contributed by atoms with Gasteiger partial charge in [-0.05, 0) is 66.7 Å². The van der Waals surface area contributed by atoms with Gasteiger partial charge in [-0.25, -0.2) is 12.8 Å². The number of ether oxygens (including phenoxy) is 2. The van der Waals surface area contributed by atoms with Crippen molar-refractivity contribution in [3.8, 4) is 11.5 Å². The van der Waals surface area contributed by atoms with Crippen LogP contribution in [-0.2, 0) is 21.2 Å². The minimum Gasteiger partial charge on any atom is -0.497 e. The first-order valence-electron chi connectivity index (χ1n) is 10.4. The molecule has 1 amide bonds. The Morgan fingerprint density at radius 1 is 0.943 bits per heavy atom. The molecule has 0 spiro atoms. The number of fused-ring (bicyclic) bond motifs is 1. The van der Waals surface area contributed by atoms with Gasteiger partial charge < -0.3 is 19.4 Å². The van der Waals surface area contributed by atoms with Crippen molar-refractivity contribution in [1.82, 2.24) is 4.57 Å². The second-order valence-corrected chi connectivity index (χ2v) is 9.49. The molecule has 4 aromatic rings. The van der Waals surface area contributed by atoms with E-state index in [-0.39, 0.29) is 16.8 Å². The van der Waals surface area contributed by atoms with Gasteiger partial charge in [0.05, 0.1) is 30.0 Å². The number of halogens is 1. The highest BCUT2D eigenvalue weighted by molar-refractivity contribution is 7.91. The number of benzene rings is 3. The third-order valence-electron chi connectivity index (χ3n) is 5.36. The van der Waals surface area contributed by atoms with E-state index in [9.17, 15) is 22.4 Å². The fourth-order valence-electron chi connectivity index (χ4n) is 3.57. The number of hydrogen-bond acceptors (Lipinski definition) is 6. The summed E-state index contributed by atoms with van der Waals surface area (Å²) in [5.74, 6) is -0.0833. The van der Waals surface area contributed by atoms with Crippen LogP contribution in [0.1, 0.15) is 0 Å². The molecule has 8 nitrogen and oxygen atoms in total. The zero-order valence-electron chi connectivity index (χ0n) is 18.8. The molecule has 0 fully saturated rings. The summed E-state index contributed by atoms with van der Waals surface area (Å²) in [7, 11) is -1.36. The van der Waals surface area contributed by atoms with Crippen molar-refractivity contribution < 1.29 is 27.1 Å². The van der Waals surface area contributed by atoms with Gasteiger partial charge >= 0.3 is 0 Å². The number of amides is 1. The first-order chi connectivity index (χ1) is 16.7. The highest BCUT2D eigenvalue weighted by Gasteiger charge is 2.24. The van der Waals surface area contributed by atoms with Gasteiger partial charge in [-0.3, -0.25) is 9.59 Å². The lowest BCUT2D eigenvalue weighted by Gasteiger charge is -2.15. The standard InChI is InChI=1S/C25H21FN2O6S/c1-33-18-7-5-17(6-8-18)27-24(29)15-28-14-23(35(31,32)20-10-3-16(26)4-11-20)25(30)21-13-19(34-2)9-12-22(21)28/h3-14H,15H2,1-2H3,(H,27,29). The van der Waals surface area contributed by atoms with Crippen LogP contribution in [0, 0.1) is 5.82 Å². The summed E-state index contributed by atoms with van der Waals surface area (Å²) in [5, 5.41) is 2.79. The highest BCUT2D eigenvalue weighted by Crippen LogP contribution is 2.24. The zero-order chi connectivity index (χ0) is 25.2. The summed E-state index contributed by atoms with van der Waals surface area (Å²) in [6, 6.07) is 15.5. The van der Waals surface area contributed by atoms with Gasteiger partial charge in [0.2, 0.25) is 21.2 Å². The Morgan fingerprint density at radius 3 is 2.20 bits per heavy atom. The number of aromatic nitrogens is 1. The van der Waals surface area contributed by atoms with Gasteiger partial charge in [0.15, 0.2) is 0 Å². The SMILES string of the molecule is COc1ccc(NC(=O)Cn2cc(S(=O)(=O)c3ccc(F)cc3)c(=O)c3cc(OC)ccc32)cc1. The summed E-state index contributed by atoms with van der Waals surface area (Å²) < 4.78 is 51.6. The van der Waals surface area contributed by atoms with Crippen molar-refractivity contribution in [3.63, 3.8) is 0 Å². The number of anilines is 1. The van der Waals surface area contributed by atoms with Crippen molar-refractivity contribution in [3.05, 3.63) is 89.0 Å². The van der Waals surface area contributed by atoms with Crippen LogP contribution < -0.4 is 20.2 Å². The maximum atomic E-state index is 13.4. The summed E-state index contributed by atoms with van der Waals surface area (Å²) in [6.45, 7) is -0.277. The Hall–Kier alpha value is -4.18. The van der Waals surface area contributed by atoms with Crippen molar-refractivity contribution in [2.24, 2.45) is 0 Å². The number of carbonyl (C=O) groups is 1. The number of nitrogens with one attached hydrogen (secondary N) is 1. The number of hydrogen-bond donors (Lipinski definition) is 1. The van der Waals surface area contributed by atoms with Crippen LogP contribution in [0.25, 0.3) is 10.9 Å². The van der Waals surface area contributed by atoms with Crippen LogP contribution in [0.4, 0.5) is 10.1 Å². The second kappa shape index (κ2) is 9.59. The fraction of sp³-hybridized carbons (Fsp3) is 0.120. The molecule has 180 valence electrons. The maximum absolute atomic E-state index is 13.4. The summed E-state index contributed by atoms with van der Waals surface area (Å²) >= 11 is 0. The van der Waals surface area contributed by atoms with Crippen molar-refractivity contribution in [1.29, 1.82) is 0 Å². The molecule has 0 bridgehead atoms. The van der Waals surface area contributed by atoms with Gasteiger partial charge in [-0.15, -0.1) is 0 Å². The fourth-order valence-corrected chi connectivity index (χ4v) is 4.94. The van der Waals surface area contributed by atoms with E-state index in [0.717, 1.165) is 30.5 Å². The Bertz CT molecular complexity index is 1560. The number of pyridine rings is 1. The minimum absolute atomic E-state index is 0.0600. The first kappa shape index (κ1) is 24.0. The molecular weight excluding hydrogens is 475 g/mol. The second-order valence-electron chi connectivity index (χ2n) is 7.57. The van der Waals surface area contributed by atoms with Gasteiger partial charge in [0, 0.05) is 11.9 Å². The number of rotatable bonds is 7. The van der Waals surface area contributed by atoms with Crippen molar-refractivity contribution in [2.75, 3.05) is 19.5 Å². The Kier molecular flexibility index (Phi) is 6.57. The van der Waals surface area contributed by atoms with E-state index in [1.807, 2.05) is 0 Å². The largest absolute Gasteiger partial charge is 0.497 e. The smallest absolute Gasteiger partial charge is 0.244 e. The van der Waals surface area contributed by atoms with Crippen LogP contribution >= 0.6 is 0 Å². The molecule has 0 saturated carbocycles. The molecule has 0 atom stereocenters. The molecule has 0 aliphatic rings. The predicted octanol–water partition coefficient (Wildman–Crippen LogP) is 3.63. The molecule has 3 aromatic carbocycles. The van der Waals surface area contributed by atoms with Crippen LogP contribution in [0.3, 0.4) is 0 Å². The Morgan fingerprint density at radius 2 is 1.57 bits per heavy atom. The monoisotopic (exact) mass is 496 g/mol. The molecule has 1 aromatic heterocycles. The zero-order valence-corrected chi connectivity index (χ0v) is 19.6. The molecule has 1 heterocycles. The predicted molar refractivity (Wildman–Crippen MR) is 128 cm³/mol. The number of nitrogens with zero attached hydrogens (tertiary/aromatic N) is 1. The summed E-state index contributed by atoms with van der Waals surface area (Å²) in [6.07, 6.45) is 1.13. The molecular formula is C25H21FN2O6S. The molecule has 1 N–H and O–H groups in total. The average molecular weight is 497 g/mol. The molecule has 0 aliphatic heterocycles. The van der Waals surface area contributed by atoms with Gasteiger partial charge in [-0.1, -0.05) is 0 Å². The van der Waals surface area contributed by atoms with Crippen molar-refractivity contribution >= 4 is 32.3 Å². The van der Waals surface area contributed by atoms with E-state index in [1.165, 1.54) is 24.9 Å². The van der Waals surface area contributed by atoms with E-state index >= 15 is 0 Å². The third-order valence-corrected chi connectivity index (χ3v) is 7.12. The Balaban J connectivity index is 1.80. The molecule has 0 unspecified atom stereocenters. The van der Waals surface area contributed by atoms with E-state index in [1.54, 1.807) is 36.4 Å². The van der Waals surface area contributed by atoms with E-state index in [0.29, 0.717) is 22.7 Å². The third kappa shape index (κ3) is 4.87. The summed E-state index contributed by atoms with van der Waals surface area (Å²) in [5.41, 5.74) is 0.107. The topological polar surface area (TPSA) is 104 Å².